The van der Waals surface area contributed by atoms with E-state index in [2.05, 4.69) is 4.90 Å². The van der Waals surface area contributed by atoms with Crippen LogP contribution in [-0.2, 0) is 28.6 Å². The summed E-state index contributed by atoms with van der Waals surface area (Å²) in [6.45, 7) is 6.68. The molecule has 5 rings (SSSR count). The zero-order valence-corrected chi connectivity index (χ0v) is 19.6. The summed E-state index contributed by atoms with van der Waals surface area (Å²) in [5, 5.41) is 9.44. The second kappa shape index (κ2) is 9.07. The van der Waals surface area contributed by atoms with Crippen LogP contribution in [0.2, 0.25) is 0 Å². The van der Waals surface area contributed by atoms with E-state index in [9.17, 15) is 19.5 Å². The van der Waals surface area contributed by atoms with Gasteiger partial charge >= 0.3 is 5.97 Å². The average Bonchev–Trinajstić information content (AvgIpc) is 3.08. The first-order chi connectivity index (χ1) is 16.4. The van der Waals surface area contributed by atoms with Crippen molar-refractivity contribution >= 4 is 17.8 Å². The number of likely N-dealkylation sites (tertiary alicyclic amines) is 1. The first kappa shape index (κ1) is 23.5. The summed E-state index contributed by atoms with van der Waals surface area (Å²) in [6.07, 6.45) is 7.57. The van der Waals surface area contributed by atoms with Crippen LogP contribution in [0.4, 0.5) is 0 Å². The Morgan fingerprint density at radius 1 is 1.03 bits per heavy atom. The van der Waals surface area contributed by atoms with Gasteiger partial charge in [-0.1, -0.05) is 18.2 Å². The Morgan fingerprint density at radius 2 is 1.82 bits per heavy atom. The van der Waals surface area contributed by atoms with Gasteiger partial charge in [0.05, 0.1) is 24.7 Å². The number of cyclic esters (lactones) is 1. The predicted molar refractivity (Wildman–Crippen MR) is 119 cm³/mol. The van der Waals surface area contributed by atoms with Gasteiger partial charge in [0.2, 0.25) is 11.8 Å². The zero-order valence-electron chi connectivity index (χ0n) is 19.6. The van der Waals surface area contributed by atoms with Crippen molar-refractivity contribution in [3.05, 3.63) is 24.3 Å². The molecule has 0 aromatic carbocycles. The third-order valence-corrected chi connectivity index (χ3v) is 7.74. The minimum absolute atomic E-state index is 0.105. The van der Waals surface area contributed by atoms with Crippen LogP contribution >= 0.6 is 0 Å². The van der Waals surface area contributed by atoms with E-state index < -0.39 is 35.0 Å². The van der Waals surface area contributed by atoms with Crippen LogP contribution < -0.4 is 0 Å². The number of morpholine rings is 1. The Hall–Kier alpha value is -2.27. The molecule has 0 aromatic heterocycles. The minimum Gasteiger partial charge on any atom is -0.461 e. The number of esters is 1. The van der Waals surface area contributed by atoms with Gasteiger partial charge in [0, 0.05) is 45.9 Å². The molecule has 0 aromatic rings. The van der Waals surface area contributed by atoms with Crippen molar-refractivity contribution in [2.45, 2.75) is 30.6 Å². The van der Waals surface area contributed by atoms with Crippen molar-refractivity contribution in [2.75, 3.05) is 65.7 Å². The second-order valence-corrected chi connectivity index (χ2v) is 9.78. The van der Waals surface area contributed by atoms with Gasteiger partial charge in [0.15, 0.2) is 0 Å². The molecule has 1 spiro atoms. The summed E-state index contributed by atoms with van der Waals surface area (Å²) in [5.74, 6) is -2.69. The number of aliphatic hydroxyl groups is 1. The number of hydrogen-bond acceptors (Lipinski definition) is 8. The molecule has 10 nitrogen and oxygen atoms in total. The van der Waals surface area contributed by atoms with E-state index in [0.717, 1.165) is 13.1 Å². The molecule has 0 radical (unpaired) electrons. The van der Waals surface area contributed by atoms with Gasteiger partial charge in [-0.05, 0) is 19.4 Å². The molecule has 34 heavy (non-hydrogen) atoms. The molecule has 3 saturated heterocycles. The maximum Gasteiger partial charge on any atom is 0.313 e. The number of nitrogens with zero attached hydrogens (tertiary/aromatic N) is 3. The topological polar surface area (TPSA) is 109 Å². The highest BCUT2D eigenvalue weighted by molar-refractivity contribution is 5.99. The molecule has 10 heteroatoms. The van der Waals surface area contributed by atoms with Gasteiger partial charge in [-0.15, -0.1) is 0 Å². The molecular formula is C24H33N3O7. The van der Waals surface area contributed by atoms with Gasteiger partial charge in [-0.25, -0.2) is 0 Å². The second-order valence-electron chi connectivity index (χ2n) is 9.78. The molecule has 0 aliphatic carbocycles. The summed E-state index contributed by atoms with van der Waals surface area (Å²) >= 11 is 0. The largest absolute Gasteiger partial charge is 0.461 e. The number of aliphatic hydroxyl groups excluding tert-OH is 1. The fourth-order valence-corrected chi connectivity index (χ4v) is 6.17. The third-order valence-electron chi connectivity index (χ3n) is 7.74. The first-order valence-electron chi connectivity index (χ1n) is 12.1. The Labute approximate surface area is 199 Å². The lowest BCUT2D eigenvalue weighted by Crippen LogP contribution is -2.56. The maximum absolute atomic E-state index is 14.0. The normalized spacial score (nSPS) is 37.8. The molecule has 0 bridgehead atoms. The summed E-state index contributed by atoms with van der Waals surface area (Å²) in [4.78, 5) is 46.3. The molecule has 2 amide bonds. The van der Waals surface area contributed by atoms with E-state index in [0.29, 0.717) is 39.3 Å². The quantitative estimate of drug-likeness (QED) is 0.392. The van der Waals surface area contributed by atoms with Crippen molar-refractivity contribution in [2.24, 2.45) is 11.8 Å². The van der Waals surface area contributed by atoms with Gasteiger partial charge in [0.25, 0.3) is 0 Å². The van der Waals surface area contributed by atoms with Crippen molar-refractivity contribution in [1.29, 1.82) is 0 Å². The van der Waals surface area contributed by atoms with E-state index in [1.54, 1.807) is 24.0 Å². The molecule has 1 unspecified atom stereocenters. The molecule has 5 heterocycles. The summed E-state index contributed by atoms with van der Waals surface area (Å²) < 4.78 is 17.4. The van der Waals surface area contributed by atoms with E-state index in [4.69, 9.17) is 14.2 Å². The number of ether oxygens (including phenoxy) is 3. The number of carbonyl (C=O) groups is 3. The summed E-state index contributed by atoms with van der Waals surface area (Å²) in [7, 11) is 0. The number of carbonyl (C=O) groups excluding carboxylic acids is 3. The van der Waals surface area contributed by atoms with Crippen molar-refractivity contribution in [1.82, 2.24) is 14.7 Å². The Bertz CT molecular complexity index is 901. The lowest BCUT2D eigenvalue weighted by molar-refractivity contribution is -0.158. The monoisotopic (exact) mass is 475 g/mol. The average molecular weight is 476 g/mol. The van der Waals surface area contributed by atoms with E-state index in [-0.39, 0.29) is 31.6 Å². The van der Waals surface area contributed by atoms with Crippen molar-refractivity contribution < 1.29 is 33.7 Å². The summed E-state index contributed by atoms with van der Waals surface area (Å²) in [6, 6.07) is -0.898. The molecule has 5 aliphatic heterocycles. The predicted octanol–water partition coefficient (Wildman–Crippen LogP) is -0.817. The maximum atomic E-state index is 14.0. The number of amides is 2. The first-order valence-corrected chi connectivity index (χ1v) is 12.1. The number of rotatable bonds is 6. The molecule has 3 fully saturated rings. The third kappa shape index (κ3) is 3.67. The summed E-state index contributed by atoms with van der Waals surface area (Å²) in [5.41, 5.74) is -2.32. The fraction of sp³-hybridized carbons (Fsp3) is 0.708. The number of fused-ring (bicyclic) bond motifs is 2. The molecule has 5 aliphatic rings. The standard InChI is InChI=1S/C24H33N3O7/c1-23-5-3-14-33-22(31)18(23)17-20(29)27(8-4-13-28)19-21(30)26(7-2-6-24(17,19)34-23)10-9-25-11-15-32-16-12-25/h2-3,5-6,17-19,28H,4,7-16H2,1H3/t17-,18-,19?,23+,24-/m0/s1. The van der Waals surface area contributed by atoms with Gasteiger partial charge < -0.3 is 29.1 Å². The molecule has 186 valence electrons. The zero-order chi connectivity index (χ0) is 23.9. The Balaban J connectivity index is 1.48. The Kier molecular flexibility index (Phi) is 6.26. The minimum atomic E-state index is -1.27. The van der Waals surface area contributed by atoms with Gasteiger partial charge in [-0.3, -0.25) is 19.3 Å². The molecule has 1 N–H and O–H groups in total. The SMILES string of the molecule is C[C@@]12C=CCOC(=O)[C@@H]1[C@H]1C(=O)N(CCCO)C3C(=O)N(CCN4CCOCC4)CC=C[C@@]31O2. The molecular weight excluding hydrogens is 442 g/mol. The highest BCUT2D eigenvalue weighted by atomic mass is 16.6. The Morgan fingerprint density at radius 3 is 2.59 bits per heavy atom. The van der Waals surface area contributed by atoms with E-state index in [1.807, 2.05) is 12.2 Å². The van der Waals surface area contributed by atoms with E-state index in [1.165, 1.54) is 4.90 Å². The van der Waals surface area contributed by atoms with Crippen LogP contribution in [-0.4, -0.2) is 121 Å². The highest BCUT2D eigenvalue weighted by Gasteiger charge is 2.74. The van der Waals surface area contributed by atoms with Crippen molar-refractivity contribution in [3.63, 3.8) is 0 Å². The fourth-order valence-electron chi connectivity index (χ4n) is 6.17. The lowest BCUT2D eigenvalue weighted by atomic mass is 9.75. The van der Waals surface area contributed by atoms with Gasteiger partial charge in [0.1, 0.15) is 24.2 Å². The molecule has 5 atom stereocenters. The van der Waals surface area contributed by atoms with Crippen LogP contribution in [0.15, 0.2) is 24.3 Å². The van der Waals surface area contributed by atoms with Crippen LogP contribution in [0, 0.1) is 11.8 Å². The lowest BCUT2D eigenvalue weighted by Gasteiger charge is -2.37. The van der Waals surface area contributed by atoms with Crippen LogP contribution in [0.25, 0.3) is 0 Å². The van der Waals surface area contributed by atoms with Crippen LogP contribution in [0.1, 0.15) is 13.3 Å². The smallest absolute Gasteiger partial charge is 0.313 e. The molecule has 0 saturated carbocycles. The van der Waals surface area contributed by atoms with Gasteiger partial charge in [-0.2, -0.15) is 0 Å². The van der Waals surface area contributed by atoms with Crippen molar-refractivity contribution in [3.8, 4) is 0 Å². The highest BCUT2D eigenvalue weighted by Crippen LogP contribution is 2.57. The number of hydrogen-bond donors (Lipinski definition) is 1. The van der Waals surface area contributed by atoms with Crippen LogP contribution in [0.5, 0.6) is 0 Å². The van der Waals surface area contributed by atoms with Crippen LogP contribution in [0.3, 0.4) is 0 Å². The van der Waals surface area contributed by atoms with E-state index >= 15 is 0 Å².